The molecule has 0 radical (unpaired) electrons. The fraction of sp³-hybridized carbons (Fsp3) is 0.200. The largest absolute Gasteiger partial charge is 0.493 e. The molecule has 1 heterocycles. The van der Waals surface area contributed by atoms with Gasteiger partial charge in [0, 0.05) is 0 Å². The first-order chi connectivity index (χ1) is 14.0. The number of nitrogens with zero attached hydrogens (tertiary/aromatic N) is 3. The van der Waals surface area contributed by atoms with Gasteiger partial charge in [0.05, 0.1) is 31.3 Å². The van der Waals surface area contributed by atoms with E-state index in [2.05, 4.69) is 15.5 Å². The Bertz CT molecular complexity index is 1120. The number of rotatable bonds is 7. The van der Waals surface area contributed by atoms with Crippen LogP contribution in [0.3, 0.4) is 0 Å². The molecule has 0 saturated carbocycles. The van der Waals surface area contributed by atoms with Crippen molar-refractivity contribution < 1.29 is 19.1 Å². The molecule has 1 N–H and O–H groups in total. The van der Waals surface area contributed by atoms with Gasteiger partial charge in [-0.25, -0.2) is 10.4 Å². The van der Waals surface area contributed by atoms with E-state index in [1.54, 1.807) is 56.5 Å². The summed E-state index contributed by atoms with van der Waals surface area (Å²) in [5.74, 6) is 0.952. The zero-order chi connectivity index (χ0) is 20.8. The van der Waals surface area contributed by atoms with E-state index in [1.165, 1.54) is 13.3 Å². The second-order valence-electron chi connectivity index (χ2n) is 5.96. The summed E-state index contributed by atoms with van der Waals surface area (Å²) in [7, 11) is 3.08. The Morgan fingerprint density at radius 2 is 1.93 bits per heavy atom. The van der Waals surface area contributed by atoms with Crippen molar-refractivity contribution in [3.05, 3.63) is 64.2 Å². The lowest BCUT2D eigenvalue weighted by atomic mass is 10.2. The van der Waals surface area contributed by atoms with Crippen molar-refractivity contribution in [1.29, 1.82) is 0 Å². The van der Waals surface area contributed by atoms with Crippen molar-refractivity contribution in [3.8, 4) is 11.5 Å². The quantitative estimate of drug-likeness (QED) is 0.477. The number of hydrogen-bond acceptors (Lipinski definition) is 7. The molecule has 3 aromatic rings. The van der Waals surface area contributed by atoms with Crippen LogP contribution in [0.4, 0.5) is 0 Å². The first-order valence-electron chi connectivity index (χ1n) is 8.69. The molecule has 9 nitrogen and oxygen atoms in total. The fourth-order valence-corrected chi connectivity index (χ4v) is 2.65. The zero-order valence-corrected chi connectivity index (χ0v) is 16.2. The Morgan fingerprint density at radius 3 is 2.69 bits per heavy atom. The number of hydrogen-bond donors (Lipinski definition) is 1. The van der Waals surface area contributed by atoms with Crippen LogP contribution >= 0.6 is 0 Å². The van der Waals surface area contributed by atoms with Gasteiger partial charge in [-0.05, 0) is 42.8 Å². The zero-order valence-electron chi connectivity index (χ0n) is 16.2. The van der Waals surface area contributed by atoms with Crippen molar-refractivity contribution in [2.45, 2.75) is 6.92 Å². The molecule has 0 atom stereocenters. The van der Waals surface area contributed by atoms with Gasteiger partial charge in [0.2, 0.25) is 0 Å². The predicted molar refractivity (Wildman–Crippen MR) is 107 cm³/mol. The van der Waals surface area contributed by atoms with Gasteiger partial charge < -0.3 is 14.3 Å². The van der Waals surface area contributed by atoms with Crippen molar-refractivity contribution >= 4 is 23.0 Å². The number of methoxy groups -OCH3 is 2. The van der Waals surface area contributed by atoms with Crippen LogP contribution in [-0.4, -0.2) is 42.7 Å². The minimum absolute atomic E-state index is 0.343. The van der Waals surface area contributed by atoms with E-state index in [-0.39, 0.29) is 5.56 Å². The molecule has 1 amide bonds. The van der Waals surface area contributed by atoms with E-state index >= 15 is 0 Å². The van der Waals surface area contributed by atoms with Gasteiger partial charge in [-0.2, -0.15) is 5.10 Å². The van der Waals surface area contributed by atoms with E-state index in [4.69, 9.17) is 14.3 Å². The van der Waals surface area contributed by atoms with Crippen molar-refractivity contribution in [2.75, 3.05) is 20.8 Å². The molecular weight excluding hydrogens is 376 g/mol. The Labute approximate surface area is 166 Å². The lowest BCUT2D eigenvalue weighted by Crippen LogP contribution is -2.35. The highest BCUT2D eigenvalue weighted by Gasteiger charge is 2.10. The SMILES string of the molecule is COc1ccc(/C=N\NC(=O)COn2c(C)nc3ccccc3c2=O)cc1OC. The topological polar surface area (TPSA) is 104 Å². The number of carbonyl (C=O) groups excluding carboxylic acids is 1. The smallest absolute Gasteiger partial charge is 0.294 e. The molecule has 0 saturated heterocycles. The normalized spacial score (nSPS) is 10.9. The van der Waals surface area contributed by atoms with Crippen molar-refractivity contribution in [2.24, 2.45) is 5.10 Å². The molecule has 2 aromatic carbocycles. The Balaban J connectivity index is 1.63. The molecule has 29 heavy (non-hydrogen) atoms. The second kappa shape index (κ2) is 8.87. The number of para-hydroxylation sites is 1. The van der Waals surface area contributed by atoms with Gasteiger partial charge in [0.15, 0.2) is 18.1 Å². The number of fused-ring (bicyclic) bond motifs is 1. The molecule has 0 bridgehead atoms. The summed E-state index contributed by atoms with van der Waals surface area (Å²) in [6.07, 6.45) is 1.45. The molecule has 0 aliphatic rings. The first-order valence-corrected chi connectivity index (χ1v) is 8.69. The highest BCUT2D eigenvalue weighted by molar-refractivity contribution is 5.83. The predicted octanol–water partition coefficient (Wildman–Crippen LogP) is 1.30. The van der Waals surface area contributed by atoms with Crippen LogP contribution in [0.15, 0.2) is 52.4 Å². The summed E-state index contributed by atoms with van der Waals surface area (Å²) in [5, 5.41) is 4.28. The molecule has 0 fully saturated rings. The van der Waals surface area contributed by atoms with Gasteiger partial charge in [-0.15, -0.1) is 4.73 Å². The summed E-state index contributed by atoms with van der Waals surface area (Å²) in [5.41, 5.74) is 3.23. The summed E-state index contributed by atoms with van der Waals surface area (Å²) in [6.45, 7) is 1.23. The minimum atomic E-state index is -0.527. The monoisotopic (exact) mass is 396 g/mol. The average Bonchev–Trinajstić information content (AvgIpc) is 2.73. The number of aryl methyl sites for hydroxylation is 1. The molecule has 1 aromatic heterocycles. The second-order valence-corrected chi connectivity index (χ2v) is 5.96. The third-order valence-electron chi connectivity index (χ3n) is 4.03. The van der Waals surface area contributed by atoms with Gasteiger partial charge >= 0.3 is 0 Å². The third kappa shape index (κ3) is 4.52. The molecule has 3 rings (SSSR count). The third-order valence-corrected chi connectivity index (χ3v) is 4.03. The molecule has 0 unspecified atom stereocenters. The summed E-state index contributed by atoms with van der Waals surface area (Å²) < 4.78 is 11.4. The van der Waals surface area contributed by atoms with Gasteiger partial charge in [-0.1, -0.05) is 12.1 Å². The van der Waals surface area contributed by atoms with E-state index < -0.39 is 12.5 Å². The number of nitrogens with one attached hydrogen (secondary N) is 1. The van der Waals surface area contributed by atoms with Gasteiger partial charge in [-0.3, -0.25) is 9.59 Å². The van der Waals surface area contributed by atoms with Crippen LogP contribution in [0.25, 0.3) is 10.9 Å². The van der Waals surface area contributed by atoms with Crippen molar-refractivity contribution in [3.63, 3.8) is 0 Å². The van der Waals surface area contributed by atoms with Gasteiger partial charge in [0.1, 0.15) is 5.82 Å². The first kappa shape index (κ1) is 19.9. The highest BCUT2D eigenvalue weighted by atomic mass is 16.7. The Morgan fingerprint density at radius 1 is 1.17 bits per heavy atom. The van der Waals surface area contributed by atoms with Crippen LogP contribution in [-0.2, 0) is 4.79 Å². The summed E-state index contributed by atoms with van der Waals surface area (Å²) in [4.78, 5) is 34.1. The lowest BCUT2D eigenvalue weighted by Gasteiger charge is -2.11. The lowest BCUT2D eigenvalue weighted by molar-refractivity contribution is -0.126. The molecule has 0 spiro atoms. The average molecular weight is 396 g/mol. The molecule has 0 aliphatic carbocycles. The maximum Gasteiger partial charge on any atom is 0.294 e. The minimum Gasteiger partial charge on any atom is -0.493 e. The van der Waals surface area contributed by atoms with Crippen LogP contribution < -0.4 is 25.3 Å². The molecular formula is C20H20N4O5. The maximum atomic E-state index is 12.5. The summed E-state index contributed by atoms with van der Waals surface area (Å²) >= 11 is 0. The number of aromatic nitrogens is 2. The number of benzene rings is 2. The van der Waals surface area contributed by atoms with E-state index in [0.29, 0.717) is 33.8 Å². The standard InChI is InChI=1S/C20H20N4O5/c1-13-22-16-7-5-4-6-15(16)20(26)24(13)29-12-19(25)23-21-11-14-8-9-17(27-2)18(10-14)28-3/h4-11H,12H2,1-3H3,(H,23,25)/b21-11-. The van der Waals surface area contributed by atoms with Gasteiger partial charge in [0.25, 0.3) is 11.5 Å². The number of ether oxygens (including phenoxy) is 2. The highest BCUT2D eigenvalue weighted by Crippen LogP contribution is 2.26. The Kier molecular flexibility index (Phi) is 6.08. The fourth-order valence-electron chi connectivity index (χ4n) is 2.65. The van der Waals surface area contributed by atoms with E-state index in [9.17, 15) is 9.59 Å². The molecule has 0 aliphatic heterocycles. The summed E-state index contributed by atoms with van der Waals surface area (Å²) in [6, 6.07) is 12.1. The van der Waals surface area contributed by atoms with Crippen molar-refractivity contribution in [1.82, 2.24) is 15.1 Å². The number of carbonyl (C=O) groups is 1. The maximum absolute atomic E-state index is 12.5. The molecule has 9 heteroatoms. The van der Waals surface area contributed by atoms with E-state index in [1.807, 2.05) is 0 Å². The van der Waals surface area contributed by atoms with E-state index in [0.717, 1.165) is 4.73 Å². The van der Waals surface area contributed by atoms with Crippen LogP contribution in [0.2, 0.25) is 0 Å². The van der Waals surface area contributed by atoms with Crippen LogP contribution in [0, 0.1) is 6.92 Å². The number of amides is 1. The van der Waals surface area contributed by atoms with Crippen LogP contribution in [0.1, 0.15) is 11.4 Å². The Hall–Kier alpha value is -3.88. The molecule has 150 valence electrons. The number of hydrazone groups is 1. The van der Waals surface area contributed by atoms with Crippen LogP contribution in [0.5, 0.6) is 11.5 Å².